The highest BCUT2D eigenvalue weighted by atomic mass is 32.2. The molecule has 0 spiro atoms. The number of nitrogens with one attached hydrogen (secondary N) is 3. The van der Waals surface area contributed by atoms with Crippen LogP contribution < -0.4 is 16.0 Å². The van der Waals surface area contributed by atoms with Gasteiger partial charge in [0.15, 0.2) is 5.96 Å². The van der Waals surface area contributed by atoms with Crippen LogP contribution in [0.2, 0.25) is 0 Å². The molecule has 6 nitrogen and oxygen atoms in total. The van der Waals surface area contributed by atoms with E-state index in [9.17, 15) is 9.18 Å². The molecule has 0 aliphatic rings. The van der Waals surface area contributed by atoms with E-state index in [2.05, 4.69) is 20.9 Å². The Morgan fingerprint density at radius 3 is 2.69 bits per heavy atom. The summed E-state index contributed by atoms with van der Waals surface area (Å²) < 4.78 is 18.0. The Labute approximate surface area is 156 Å². The number of hydrogen-bond donors (Lipinski definition) is 3. The number of aliphatic imine (C=N–C) groups is 1. The second-order valence-corrected chi connectivity index (χ2v) is 6.53. The highest BCUT2D eigenvalue weighted by Crippen LogP contribution is 2.18. The number of carbonyl (C=O) groups excluding carboxylic acids is 1. The summed E-state index contributed by atoms with van der Waals surface area (Å²) in [5, 5.41) is 8.87. The van der Waals surface area contributed by atoms with Gasteiger partial charge in [-0.3, -0.25) is 9.79 Å². The van der Waals surface area contributed by atoms with Crippen LogP contribution in [0, 0.1) is 5.82 Å². The molecule has 26 heavy (non-hydrogen) atoms. The predicted octanol–water partition coefficient (Wildman–Crippen LogP) is 2.38. The van der Waals surface area contributed by atoms with Gasteiger partial charge in [-0.1, -0.05) is 0 Å². The van der Waals surface area contributed by atoms with Crippen molar-refractivity contribution in [2.24, 2.45) is 4.99 Å². The van der Waals surface area contributed by atoms with Gasteiger partial charge in [0.1, 0.15) is 11.6 Å². The molecule has 2 aromatic rings. The molecular formula is C18H23FN4O2S. The summed E-state index contributed by atoms with van der Waals surface area (Å²) in [7, 11) is 1.66. The predicted molar refractivity (Wildman–Crippen MR) is 102 cm³/mol. The third-order valence-corrected chi connectivity index (χ3v) is 4.47. The molecule has 1 heterocycles. The molecule has 8 heteroatoms. The maximum atomic E-state index is 12.8. The first-order valence-electron chi connectivity index (χ1n) is 8.29. The molecular weight excluding hydrogens is 355 g/mol. The third kappa shape index (κ3) is 7.60. The summed E-state index contributed by atoms with van der Waals surface area (Å²) >= 11 is 1.67. The first-order valence-corrected chi connectivity index (χ1v) is 9.28. The lowest BCUT2D eigenvalue weighted by Crippen LogP contribution is -2.43. The Balaban J connectivity index is 1.55. The average molecular weight is 378 g/mol. The van der Waals surface area contributed by atoms with Crippen LogP contribution >= 0.6 is 11.8 Å². The lowest BCUT2D eigenvalue weighted by molar-refractivity contribution is -0.120. The van der Waals surface area contributed by atoms with Crippen molar-refractivity contribution in [1.29, 1.82) is 0 Å². The van der Waals surface area contributed by atoms with Gasteiger partial charge >= 0.3 is 0 Å². The molecule has 1 aromatic heterocycles. The Morgan fingerprint density at radius 2 is 2.00 bits per heavy atom. The molecule has 2 rings (SSSR count). The number of guanidine groups is 1. The van der Waals surface area contributed by atoms with E-state index in [0.717, 1.165) is 23.6 Å². The fourth-order valence-electron chi connectivity index (χ4n) is 2.05. The van der Waals surface area contributed by atoms with Gasteiger partial charge in [0.2, 0.25) is 5.91 Å². The fraction of sp³-hybridized carbons (Fsp3) is 0.333. The lowest BCUT2D eigenvalue weighted by atomic mass is 10.4. The summed E-state index contributed by atoms with van der Waals surface area (Å²) in [4.78, 5) is 16.9. The van der Waals surface area contributed by atoms with Crippen molar-refractivity contribution in [3.8, 4) is 0 Å². The lowest BCUT2D eigenvalue weighted by Gasteiger charge is -2.11. The standard InChI is InChI=1S/C18H23FN4O2S/c1-20-18(23-13-17(24)22-12-15-4-2-10-25-15)21-9-3-11-26-16-7-5-14(19)6-8-16/h2,4-8,10H,3,9,11-13H2,1H3,(H,22,24)(H2,20,21,23). The highest BCUT2D eigenvalue weighted by molar-refractivity contribution is 7.99. The summed E-state index contributed by atoms with van der Waals surface area (Å²) in [6.07, 6.45) is 2.48. The quantitative estimate of drug-likeness (QED) is 0.270. The summed E-state index contributed by atoms with van der Waals surface area (Å²) in [5.74, 6) is 1.82. The number of hydrogen-bond acceptors (Lipinski definition) is 4. The van der Waals surface area contributed by atoms with Crippen molar-refractivity contribution < 1.29 is 13.6 Å². The third-order valence-electron chi connectivity index (χ3n) is 3.38. The zero-order chi connectivity index (χ0) is 18.6. The van der Waals surface area contributed by atoms with Crippen LogP contribution in [0.25, 0.3) is 0 Å². The van der Waals surface area contributed by atoms with E-state index in [0.29, 0.717) is 18.3 Å². The number of amides is 1. The van der Waals surface area contributed by atoms with E-state index in [-0.39, 0.29) is 18.3 Å². The van der Waals surface area contributed by atoms with Crippen LogP contribution in [0.3, 0.4) is 0 Å². The van der Waals surface area contributed by atoms with Crippen LogP contribution in [0.15, 0.2) is 57.0 Å². The molecule has 0 bridgehead atoms. The van der Waals surface area contributed by atoms with Crippen molar-refractivity contribution >= 4 is 23.6 Å². The van der Waals surface area contributed by atoms with Crippen LogP contribution in [-0.4, -0.2) is 37.8 Å². The molecule has 0 saturated heterocycles. The van der Waals surface area contributed by atoms with Crippen LogP contribution in [-0.2, 0) is 11.3 Å². The van der Waals surface area contributed by atoms with Gasteiger partial charge < -0.3 is 20.4 Å². The van der Waals surface area contributed by atoms with Crippen LogP contribution in [0.5, 0.6) is 0 Å². The Kier molecular flexibility index (Phi) is 8.54. The minimum absolute atomic E-state index is 0.130. The van der Waals surface area contributed by atoms with Gasteiger partial charge in [0.05, 0.1) is 19.4 Å². The van der Waals surface area contributed by atoms with Crippen LogP contribution in [0.1, 0.15) is 12.2 Å². The number of carbonyl (C=O) groups is 1. The van der Waals surface area contributed by atoms with Gasteiger partial charge in [-0.25, -0.2) is 4.39 Å². The molecule has 0 atom stereocenters. The number of rotatable bonds is 9. The molecule has 0 unspecified atom stereocenters. The van der Waals surface area contributed by atoms with Crippen molar-refractivity contribution in [3.05, 3.63) is 54.2 Å². The maximum absolute atomic E-state index is 12.8. The monoisotopic (exact) mass is 378 g/mol. The number of benzene rings is 1. The molecule has 0 saturated carbocycles. The van der Waals surface area contributed by atoms with Crippen molar-refractivity contribution in [2.75, 3.05) is 25.9 Å². The molecule has 3 N–H and O–H groups in total. The van der Waals surface area contributed by atoms with Gasteiger partial charge in [-0.2, -0.15) is 0 Å². The SMILES string of the molecule is CN=C(NCCCSc1ccc(F)cc1)NCC(=O)NCc1ccco1. The van der Waals surface area contributed by atoms with E-state index in [1.807, 2.05) is 0 Å². The zero-order valence-electron chi connectivity index (χ0n) is 14.6. The minimum Gasteiger partial charge on any atom is -0.467 e. The Morgan fingerprint density at radius 1 is 1.19 bits per heavy atom. The summed E-state index contributed by atoms with van der Waals surface area (Å²) in [6.45, 7) is 1.22. The molecule has 0 aliphatic heterocycles. The van der Waals surface area contributed by atoms with E-state index in [4.69, 9.17) is 4.42 Å². The smallest absolute Gasteiger partial charge is 0.239 e. The molecule has 1 amide bonds. The van der Waals surface area contributed by atoms with E-state index >= 15 is 0 Å². The molecule has 0 aliphatic carbocycles. The van der Waals surface area contributed by atoms with Crippen LogP contribution in [0.4, 0.5) is 4.39 Å². The van der Waals surface area contributed by atoms with E-state index < -0.39 is 0 Å². The number of furan rings is 1. The zero-order valence-corrected chi connectivity index (χ0v) is 15.4. The van der Waals surface area contributed by atoms with Crippen molar-refractivity contribution in [1.82, 2.24) is 16.0 Å². The van der Waals surface area contributed by atoms with E-state index in [1.54, 1.807) is 49.3 Å². The molecule has 0 radical (unpaired) electrons. The maximum Gasteiger partial charge on any atom is 0.239 e. The molecule has 1 aromatic carbocycles. The van der Waals surface area contributed by atoms with Gasteiger partial charge in [0.25, 0.3) is 0 Å². The number of halogens is 1. The molecule has 140 valence electrons. The number of nitrogens with zero attached hydrogens (tertiary/aromatic N) is 1. The topological polar surface area (TPSA) is 78.7 Å². The van der Waals surface area contributed by atoms with Gasteiger partial charge in [0, 0.05) is 18.5 Å². The Bertz CT molecular complexity index is 690. The summed E-state index contributed by atoms with van der Waals surface area (Å²) in [6, 6.07) is 10.1. The Hall–Kier alpha value is -2.48. The largest absolute Gasteiger partial charge is 0.467 e. The van der Waals surface area contributed by atoms with Gasteiger partial charge in [-0.05, 0) is 48.6 Å². The van der Waals surface area contributed by atoms with E-state index in [1.165, 1.54) is 12.1 Å². The molecule has 0 fully saturated rings. The first kappa shape index (κ1) is 19.8. The highest BCUT2D eigenvalue weighted by Gasteiger charge is 2.04. The van der Waals surface area contributed by atoms with Gasteiger partial charge in [-0.15, -0.1) is 11.8 Å². The normalized spacial score (nSPS) is 11.2. The van der Waals surface area contributed by atoms with Crippen molar-refractivity contribution in [3.63, 3.8) is 0 Å². The fourth-order valence-corrected chi connectivity index (χ4v) is 2.90. The second kappa shape index (κ2) is 11.2. The second-order valence-electron chi connectivity index (χ2n) is 5.36. The first-order chi connectivity index (χ1) is 12.7. The number of thioether (sulfide) groups is 1. The summed E-state index contributed by atoms with van der Waals surface area (Å²) in [5.41, 5.74) is 0. The minimum atomic E-state index is -0.223. The average Bonchev–Trinajstić information content (AvgIpc) is 3.17. The van der Waals surface area contributed by atoms with Crippen molar-refractivity contribution in [2.45, 2.75) is 17.9 Å².